The minimum Gasteiger partial charge on any atom is -0.491 e. The second-order valence-electron chi connectivity index (χ2n) is 5.78. The Morgan fingerprint density at radius 3 is 2.59 bits per heavy atom. The lowest BCUT2D eigenvalue weighted by Gasteiger charge is -2.20. The standard InChI is InChI=1S/C17H24N4O/c1-13(2)22-15-8-6-7-14(11-15)12-21(5)17-18-10-9-16(19-17)20(3)4/h6-11,13H,12H2,1-5H3. The lowest BCUT2D eigenvalue weighted by Crippen LogP contribution is -2.20. The number of hydrogen-bond acceptors (Lipinski definition) is 5. The number of hydrogen-bond donors (Lipinski definition) is 0. The largest absolute Gasteiger partial charge is 0.491 e. The molecule has 118 valence electrons. The molecule has 1 heterocycles. The van der Waals surface area contributed by atoms with Crippen LogP contribution in [0.2, 0.25) is 0 Å². The van der Waals surface area contributed by atoms with Crippen molar-refractivity contribution in [3.8, 4) is 5.75 Å². The number of ether oxygens (including phenoxy) is 1. The summed E-state index contributed by atoms with van der Waals surface area (Å²) in [5.41, 5.74) is 1.17. The van der Waals surface area contributed by atoms with Crippen LogP contribution in [0.1, 0.15) is 19.4 Å². The highest BCUT2D eigenvalue weighted by Gasteiger charge is 2.08. The molecule has 0 aliphatic rings. The van der Waals surface area contributed by atoms with Gasteiger partial charge in [0.05, 0.1) is 6.10 Å². The van der Waals surface area contributed by atoms with Gasteiger partial charge < -0.3 is 14.5 Å². The summed E-state index contributed by atoms with van der Waals surface area (Å²) in [4.78, 5) is 12.9. The first-order chi connectivity index (χ1) is 10.5. The van der Waals surface area contributed by atoms with Crippen molar-refractivity contribution in [3.63, 3.8) is 0 Å². The van der Waals surface area contributed by atoms with Gasteiger partial charge in [0.15, 0.2) is 0 Å². The summed E-state index contributed by atoms with van der Waals surface area (Å²) in [5, 5.41) is 0. The summed E-state index contributed by atoms with van der Waals surface area (Å²) in [6, 6.07) is 10.0. The number of nitrogens with zero attached hydrogens (tertiary/aromatic N) is 4. The minimum atomic E-state index is 0.174. The SMILES string of the molecule is CC(C)Oc1cccc(CN(C)c2nccc(N(C)C)n2)c1. The summed E-state index contributed by atoms with van der Waals surface area (Å²) in [5.74, 6) is 2.50. The van der Waals surface area contributed by atoms with E-state index in [4.69, 9.17) is 4.74 Å². The second kappa shape index (κ2) is 7.11. The van der Waals surface area contributed by atoms with Gasteiger partial charge in [0, 0.05) is 33.9 Å². The van der Waals surface area contributed by atoms with Crippen LogP contribution in [-0.4, -0.2) is 37.2 Å². The molecule has 1 aromatic carbocycles. The summed E-state index contributed by atoms with van der Waals surface area (Å²) in [6.45, 7) is 4.78. The van der Waals surface area contributed by atoms with E-state index in [1.165, 1.54) is 5.56 Å². The number of benzene rings is 1. The molecular weight excluding hydrogens is 276 g/mol. The summed E-state index contributed by atoms with van der Waals surface area (Å²) in [6.07, 6.45) is 1.96. The Balaban J connectivity index is 2.11. The van der Waals surface area contributed by atoms with Crippen LogP contribution in [0.5, 0.6) is 5.75 Å². The van der Waals surface area contributed by atoms with Gasteiger partial charge in [-0.25, -0.2) is 4.98 Å². The fourth-order valence-electron chi connectivity index (χ4n) is 2.11. The molecule has 5 heteroatoms. The predicted molar refractivity (Wildman–Crippen MR) is 90.7 cm³/mol. The lowest BCUT2D eigenvalue weighted by atomic mass is 10.2. The van der Waals surface area contributed by atoms with Crippen LogP contribution in [0.4, 0.5) is 11.8 Å². The van der Waals surface area contributed by atoms with E-state index in [2.05, 4.69) is 22.1 Å². The fraction of sp³-hybridized carbons (Fsp3) is 0.412. The zero-order valence-corrected chi connectivity index (χ0v) is 13.9. The van der Waals surface area contributed by atoms with Gasteiger partial charge in [0.2, 0.25) is 5.95 Å². The van der Waals surface area contributed by atoms with Crippen molar-refractivity contribution < 1.29 is 4.74 Å². The van der Waals surface area contributed by atoms with Crippen LogP contribution in [0.25, 0.3) is 0 Å². The summed E-state index contributed by atoms with van der Waals surface area (Å²) >= 11 is 0. The molecule has 0 amide bonds. The molecule has 0 aliphatic carbocycles. The van der Waals surface area contributed by atoms with Crippen molar-refractivity contribution in [1.29, 1.82) is 0 Å². The topological polar surface area (TPSA) is 41.5 Å². The zero-order chi connectivity index (χ0) is 16.1. The monoisotopic (exact) mass is 300 g/mol. The van der Waals surface area contributed by atoms with Gasteiger partial charge in [0.25, 0.3) is 0 Å². The van der Waals surface area contributed by atoms with Crippen molar-refractivity contribution in [1.82, 2.24) is 9.97 Å². The maximum atomic E-state index is 5.74. The number of aromatic nitrogens is 2. The maximum Gasteiger partial charge on any atom is 0.227 e. The van der Waals surface area contributed by atoms with Crippen LogP contribution in [0.3, 0.4) is 0 Å². The van der Waals surface area contributed by atoms with Gasteiger partial charge in [-0.1, -0.05) is 12.1 Å². The van der Waals surface area contributed by atoms with Crippen LogP contribution >= 0.6 is 0 Å². The summed E-state index contributed by atoms with van der Waals surface area (Å²) in [7, 11) is 5.93. The Kier molecular flexibility index (Phi) is 5.20. The molecular formula is C17H24N4O. The Morgan fingerprint density at radius 2 is 1.91 bits per heavy atom. The maximum absolute atomic E-state index is 5.74. The van der Waals surface area contributed by atoms with Crippen LogP contribution in [0.15, 0.2) is 36.5 Å². The molecule has 0 aliphatic heterocycles. The number of rotatable bonds is 6. The van der Waals surface area contributed by atoms with E-state index in [0.29, 0.717) is 5.95 Å². The average molecular weight is 300 g/mol. The van der Waals surface area contributed by atoms with Gasteiger partial charge >= 0.3 is 0 Å². The van der Waals surface area contributed by atoms with Crippen LogP contribution in [-0.2, 0) is 6.54 Å². The number of anilines is 2. The second-order valence-corrected chi connectivity index (χ2v) is 5.78. The molecule has 0 atom stereocenters. The third-order valence-electron chi connectivity index (χ3n) is 3.12. The fourth-order valence-corrected chi connectivity index (χ4v) is 2.11. The van der Waals surface area contributed by atoms with E-state index in [9.17, 15) is 0 Å². The third kappa shape index (κ3) is 4.35. The lowest BCUT2D eigenvalue weighted by molar-refractivity contribution is 0.242. The first kappa shape index (κ1) is 16.1. The molecule has 2 aromatic rings. The van der Waals surface area contributed by atoms with Crippen molar-refractivity contribution in [2.24, 2.45) is 0 Å². The Bertz CT molecular complexity index is 613. The van der Waals surface area contributed by atoms with E-state index in [1.807, 2.05) is 63.0 Å². The molecule has 0 saturated carbocycles. The van der Waals surface area contributed by atoms with E-state index < -0.39 is 0 Å². The van der Waals surface area contributed by atoms with E-state index >= 15 is 0 Å². The minimum absolute atomic E-state index is 0.174. The van der Waals surface area contributed by atoms with Gasteiger partial charge in [0.1, 0.15) is 11.6 Å². The molecule has 5 nitrogen and oxygen atoms in total. The van der Waals surface area contributed by atoms with Crippen molar-refractivity contribution in [2.45, 2.75) is 26.5 Å². The van der Waals surface area contributed by atoms with E-state index in [1.54, 1.807) is 6.20 Å². The predicted octanol–water partition coefficient (Wildman–Crippen LogP) is 2.97. The molecule has 0 unspecified atom stereocenters. The molecule has 2 rings (SSSR count). The Labute approximate surface area is 132 Å². The highest BCUT2D eigenvalue weighted by atomic mass is 16.5. The molecule has 0 fully saturated rings. The highest BCUT2D eigenvalue weighted by molar-refractivity contribution is 5.42. The molecule has 0 radical (unpaired) electrons. The third-order valence-corrected chi connectivity index (χ3v) is 3.12. The first-order valence-corrected chi connectivity index (χ1v) is 7.43. The smallest absolute Gasteiger partial charge is 0.227 e. The summed E-state index contributed by atoms with van der Waals surface area (Å²) < 4.78 is 5.74. The van der Waals surface area contributed by atoms with Gasteiger partial charge in [-0.3, -0.25) is 0 Å². The molecule has 22 heavy (non-hydrogen) atoms. The van der Waals surface area contributed by atoms with Crippen molar-refractivity contribution in [2.75, 3.05) is 30.9 Å². The normalized spacial score (nSPS) is 10.6. The first-order valence-electron chi connectivity index (χ1n) is 7.43. The van der Waals surface area contributed by atoms with Gasteiger partial charge in [-0.2, -0.15) is 4.98 Å². The van der Waals surface area contributed by atoms with E-state index in [-0.39, 0.29) is 6.10 Å². The highest BCUT2D eigenvalue weighted by Crippen LogP contribution is 2.18. The van der Waals surface area contributed by atoms with Gasteiger partial charge in [-0.05, 0) is 37.6 Å². The molecule has 0 saturated heterocycles. The zero-order valence-electron chi connectivity index (χ0n) is 13.9. The molecule has 0 N–H and O–H groups in total. The average Bonchev–Trinajstić information content (AvgIpc) is 2.47. The van der Waals surface area contributed by atoms with Crippen molar-refractivity contribution in [3.05, 3.63) is 42.1 Å². The van der Waals surface area contributed by atoms with Crippen LogP contribution in [0, 0.1) is 0 Å². The Hall–Kier alpha value is -2.30. The Morgan fingerprint density at radius 1 is 1.14 bits per heavy atom. The molecule has 0 bridgehead atoms. The molecule has 0 spiro atoms. The van der Waals surface area contributed by atoms with E-state index in [0.717, 1.165) is 18.1 Å². The van der Waals surface area contributed by atoms with Gasteiger partial charge in [-0.15, -0.1) is 0 Å². The quantitative estimate of drug-likeness (QED) is 0.820. The van der Waals surface area contributed by atoms with Crippen LogP contribution < -0.4 is 14.5 Å². The van der Waals surface area contributed by atoms with Crippen molar-refractivity contribution >= 4 is 11.8 Å². The molecule has 1 aromatic heterocycles.